The lowest BCUT2D eigenvalue weighted by Gasteiger charge is -2.38. The first-order valence-electron chi connectivity index (χ1n) is 10.4. The Morgan fingerprint density at radius 1 is 1.07 bits per heavy atom. The van der Waals surface area contributed by atoms with Gasteiger partial charge in [0.05, 0.1) is 6.04 Å². The summed E-state index contributed by atoms with van der Waals surface area (Å²) >= 11 is 0. The van der Waals surface area contributed by atoms with Crippen molar-refractivity contribution in [3.63, 3.8) is 0 Å². The van der Waals surface area contributed by atoms with Crippen molar-refractivity contribution in [3.05, 3.63) is 76.9 Å². The van der Waals surface area contributed by atoms with Gasteiger partial charge < -0.3 is 15.0 Å². The van der Waals surface area contributed by atoms with Gasteiger partial charge in [-0.25, -0.2) is 4.79 Å². The van der Waals surface area contributed by atoms with Crippen LogP contribution in [-0.4, -0.2) is 35.6 Å². The number of hydrogen-bond donors (Lipinski definition) is 1. The Morgan fingerprint density at radius 2 is 1.77 bits per heavy atom. The molecule has 0 fully saturated rings. The Kier molecular flexibility index (Phi) is 5.37. The molecule has 5 nitrogen and oxygen atoms in total. The zero-order valence-corrected chi connectivity index (χ0v) is 17.8. The Morgan fingerprint density at radius 3 is 2.50 bits per heavy atom. The van der Waals surface area contributed by atoms with Gasteiger partial charge in [0.25, 0.3) is 0 Å². The number of carbonyl (C=O) groups excluding carboxylic acids is 2. The molecule has 2 amide bonds. The maximum atomic E-state index is 13.1. The van der Waals surface area contributed by atoms with Crippen molar-refractivity contribution in [3.8, 4) is 0 Å². The summed E-state index contributed by atoms with van der Waals surface area (Å²) in [4.78, 5) is 27.1. The van der Waals surface area contributed by atoms with Crippen molar-refractivity contribution >= 4 is 17.6 Å². The molecule has 1 N–H and O–H groups in total. The highest BCUT2D eigenvalue weighted by atomic mass is 16.6. The monoisotopic (exact) mass is 404 g/mol. The molecule has 4 rings (SSSR count). The summed E-state index contributed by atoms with van der Waals surface area (Å²) in [6, 6.07) is 18.5. The van der Waals surface area contributed by atoms with Crippen LogP contribution in [-0.2, 0) is 16.0 Å². The van der Waals surface area contributed by atoms with Crippen molar-refractivity contribution in [1.29, 1.82) is 0 Å². The van der Waals surface area contributed by atoms with Crippen LogP contribution in [0, 0.1) is 0 Å². The maximum Gasteiger partial charge on any atom is 0.408 e. The summed E-state index contributed by atoms with van der Waals surface area (Å²) in [5.41, 5.74) is 5.79. The van der Waals surface area contributed by atoms with Crippen LogP contribution in [0.1, 0.15) is 49.9 Å². The molecule has 2 aliphatic rings. The molecule has 0 aromatic heterocycles. The van der Waals surface area contributed by atoms with Crippen molar-refractivity contribution in [2.24, 2.45) is 0 Å². The maximum absolute atomic E-state index is 13.1. The third kappa shape index (κ3) is 4.11. The van der Waals surface area contributed by atoms with E-state index in [0.29, 0.717) is 6.54 Å². The lowest BCUT2D eigenvalue weighted by molar-refractivity contribution is -0.132. The smallest absolute Gasteiger partial charge is 0.408 e. The summed E-state index contributed by atoms with van der Waals surface area (Å²) in [6.07, 6.45) is 1.11. The number of benzene rings is 2. The van der Waals surface area contributed by atoms with E-state index in [1.807, 2.05) is 23.1 Å². The highest BCUT2D eigenvalue weighted by Gasteiger charge is 2.37. The zero-order valence-electron chi connectivity index (χ0n) is 17.8. The molecule has 1 heterocycles. The van der Waals surface area contributed by atoms with Gasteiger partial charge in [0, 0.05) is 6.54 Å². The molecule has 30 heavy (non-hydrogen) atoms. The van der Waals surface area contributed by atoms with E-state index in [1.165, 1.54) is 22.3 Å². The number of hydrogen-bond acceptors (Lipinski definition) is 3. The van der Waals surface area contributed by atoms with Gasteiger partial charge in [-0.15, -0.1) is 0 Å². The number of alkyl carbamates (subject to hydrolysis) is 1. The molecule has 0 radical (unpaired) electrons. The van der Waals surface area contributed by atoms with Crippen LogP contribution in [0.25, 0.3) is 5.57 Å². The van der Waals surface area contributed by atoms with Gasteiger partial charge in [0.15, 0.2) is 0 Å². The van der Waals surface area contributed by atoms with Crippen molar-refractivity contribution in [2.45, 2.75) is 45.3 Å². The molecule has 0 bridgehead atoms. The first-order chi connectivity index (χ1) is 14.3. The summed E-state index contributed by atoms with van der Waals surface area (Å²) in [5, 5.41) is 2.62. The molecule has 0 spiro atoms. The summed E-state index contributed by atoms with van der Waals surface area (Å²) in [5.74, 6) is -0.0998. The second kappa shape index (κ2) is 7.98. The first kappa shape index (κ1) is 20.2. The Bertz CT molecular complexity index is 989. The predicted molar refractivity (Wildman–Crippen MR) is 117 cm³/mol. The fourth-order valence-electron chi connectivity index (χ4n) is 4.41. The average Bonchev–Trinajstić information content (AvgIpc) is 3.09. The molecular weight excluding hydrogens is 376 g/mol. The molecule has 2 aromatic carbocycles. The Labute approximate surface area is 177 Å². The number of nitrogens with one attached hydrogen (secondary N) is 1. The summed E-state index contributed by atoms with van der Waals surface area (Å²) < 4.78 is 5.27. The lowest BCUT2D eigenvalue weighted by atomic mass is 9.88. The van der Waals surface area contributed by atoms with E-state index in [0.717, 1.165) is 18.4 Å². The molecule has 2 aromatic rings. The standard InChI is InChI=1S/C25H28N2O3/c1-25(2,3)30-24(29)26-16-22(28)27-14-13-20-19-12-8-7-11-18(19)15-21(20)23(27)17-9-5-4-6-10-17/h4-12,23H,13-16H2,1-3H3,(H,26,29). The fraction of sp³-hybridized carbons (Fsp3) is 0.360. The van der Waals surface area contributed by atoms with Crippen LogP contribution in [0.2, 0.25) is 0 Å². The average molecular weight is 405 g/mol. The second-order valence-corrected chi connectivity index (χ2v) is 8.84. The van der Waals surface area contributed by atoms with Gasteiger partial charge >= 0.3 is 6.09 Å². The minimum Gasteiger partial charge on any atom is -0.444 e. The number of nitrogens with zero attached hydrogens (tertiary/aromatic N) is 1. The highest BCUT2D eigenvalue weighted by molar-refractivity contribution is 5.86. The normalized spacial score (nSPS) is 18.0. The third-order valence-corrected chi connectivity index (χ3v) is 5.57. The predicted octanol–water partition coefficient (Wildman–Crippen LogP) is 4.49. The number of fused-ring (bicyclic) bond motifs is 2. The summed E-state index contributed by atoms with van der Waals surface area (Å²) in [6.45, 7) is 5.96. The van der Waals surface area contributed by atoms with E-state index in [9.17, 15) is 9.59 Å². The first-order valence-corrected chi connectivity index (χ1v) is 10.4. The van der Waals surface area contributed by atoms with Gasteiger partial charge in [-0.1, -0.05) is 54.6 Å². The van der Waals surface area contributed by atoms with Crippen molar-refractivity contribution in [2.75, 3.05) is 13.1 Å². The van der Waals surface area contributed by atoms with E-state index in [1.54, 1.807) is 20.8 Å². The van der Waals surface area contributed by atoms with Crippen molar-refractivity contribution in [1.82, 2.24) is 10.2 Å². The molecule has 0 saturated heterocycles. The molecule has 1 aliphatic carbocycles. The van der Waals surface area contributed by atoms with Gasteiger partial charge in [-0.2, -0.15) is 0 Å². The highest BCUT2D eigenvalue weighted by Crippen LogP contribution is 2.46. The largest absolute Gasteiger partial charge is 0.444 e. The number of carbonyl (C=O) groups is 2. The molecular formula is C25H28N2O3. The zero-order chi connectivity index (χ0) is 21.3. The van der Waals surface area contributed by atoms with E-state index < -0.39 is 11.7 Å². The van der Waals surface area contributed by atoms with Crippen LogP contribution in [0.3, 0.4) is 0 Å². The Hall–Kier alpha value is -3.08. The van der Waals surface area contributed by atoms with E-state index >= 15 is 0 Å². The molecule has 5 heteroatoms. The Balaban J connectivity index is 1.58. The molecule has 1 unspecified atom stereocenters. The molecule has 0 saturated carbocycles. The van der Waals surface area contributed by atoms with E-state index in [2.05, 4.69) is 41.7 Å². The number of rotatable bonds is 3. The van der Waals surface area contributed by atoms with Crippen LogP contribution in [0.15, 0.2) is 60.2 Å². The van der Waals surface area contributed by atoms with Gasteiger partial charge in [0.1, 0.15) is 12.1 Å². The van der Waals surface area contributed by atoms with Gasteiger partial charge in [-0.3, -0.25) is 4.79 Å². The second-order valence-electron chi connectivity index (χ2n) is 8.84. The van der Waals surface area contributed by atoms with E-state index in [-0.39, 0.29) is 18.5 Å². The van der Waals surface area contributed by atoms with Crippen LogP contribution >= 0.6 is 0 Å². The van der Waals surface area contributed by atoms with Crippen LogP contribution in [0.4, 0.5) is 4.79 Å². The van der Waals surface area contributed by atoms with Crippen molar-refractivity contribution < 1.29 is 14.3 Å². The van der Waals surface area contributed by atoms with Crippen LogP contribution < -0.4 is 5.32 Å². The van der Waals surface area contributed by atoms with Gasteiger partial charge in [-0.05, 0) is 61.4 Å². The molecule has 156 valence electrons. The topological polar surface area (TPSA) is 58.6 Å². The number of amides is 2. The minimum absolute atomic E-state index is 0.0756. The number of ether oxygens (including phenoxy) is 1. The fourth-order valence-corrected chi connectivity index (χ4v) is 4.41. The third-order valence-electron chi connectivity index (χ3n) is 5.57. The lowest BCUT2D eigenvalue weighted by Crippen LogP contribution is -2.45. The van der Waals surface area contributed by atoms with E-state index in [4.69, 9.17) is 4.74 Å². The SMILES string of the molecule is CC(C)(C)OC(=O)NCC(=O)N1CCC2=C(Cc3ccccc32)C1c1ccccc1. The minimum atomic E-state index is -0.597. The van der Waals surface area contributed by atoms with Gasteiger partial charge in [0.2, 0.25) is 5.91 Å². The quantitative estimate of drug-likeness (QED) is 0.820. The molecule has 1 aliphatic heterocycles. The summed E-state index contributed by atoms with van der Waals surface area (Å²) in [7, 11) is 0. The van der Waals surface area contributed by atoms with Crippen LogP contribution in [0.5, 0.6) is 0 Å². The molecule has 1 atom stereocenters.